The maximum absolute atomic E-state index is 11.2. The summed E-state index contributed by atoms with van der Waals surface area (Å²) in [5.74, 6) is -0.0770. The maximum Gasteiger partial charge on any atom is 0.185 e. The van der Waals surface area contributed by atoms with Crippen LogP contribution in [0, 0.1) is 0 Å². The van der Waals surface area contributed by atoms with Gasteiger partial charge in [0.25, 0.3) is 0 Å². The van der Waals surface area contributed by atoms with E-state index in [1.807, 2.05) is 0 Å². The molecule has 0 aromatic rings. The van der Waals surface area contributed by atoms with Gasteiger partial charge in [0.15, 0.2) is 11.7 Å². The molecule has 0 aliphatic carbocycles. The average molecular weight is 201 g/mol. The van der Waals surface area contributed by atoms with E-state index in [0.29, 0.717) is 19.4 Å². The van der Waals surface area contributed by atoms with E-state index in [9.17, 15) is 4.79 Å². The second-order valence-corrected chi connectivity index (χ2v) is 3.25. The molecule has 1 unspecified atom stereocenters. The van der Waals surface area contributed by atoms with E-state index < -0.39 is 12.1 Å². The lowest BCUT2D eigenvalue weighted by atomic mass is 10.0. The number of carbonyl (C=O) groups excluding carboxylic acids is 1. The van der Waals surface area contributed by atoms with Crippen molar-refractivity contribution in [2.75, 3.05) is 6.54 Å². The van der Waals surface area contributed by atoms with Crippen LogP contribution in [0.2, 0.25) is 0 Å². The minimum atomic E-state index is -0.510. The number of nitrogens with zero attached hydrogens (tertiary/aromatic N) is 1. The number of Topliss-reactive ketones (excluding diaryl/α,β-unsaturated/α-hetero) is 1. The van der Waals surface area contributed by atoms with E-state index in [1.165, 1.54) is 0 Å². The Morgan fingerprint density at radius 1 is 1.36 bits per heavy atom. The van der Waals surface area contributed by atoms with Crippen LogP contribution >= 0.6 is 0 Å². The normalized spacial score (nSPS) is 14.5. The van der Waals surface area contributed by atoms with Gasteiger partial charge >= 0.3 is 0 Å². The summed E-state index contributed by atoms with van der Waals surface area (Å²) in [5.41, 5.74) is 21.2. The Morgan fingerprint density at radius 3 is 2.36 bits per heavy atom. The van der Waals surface area contributed by atoms with E-state index in [-0.39, 0.29) is 11.7 Å². The molecule has 0 aliphatic rings. The summed E-state index contributed by atoms with van der Waals surface area (Å²) in [4.78, 5) is 15.0. The Morgan fingerprint density at radius 2 is 1.93 bits per heavy atom. The molecule has 0 fully saturated rings. The van der Waals surface area contributed by atoms with Crippen LogP contribution in [0.5, 0.6) is 0 Å². The summed E-state index contributed by atoms with van der Waals surface area (Å²) >= 11 is 0. The first-order valence-electron chi connectivity index (χ1n) is 4.55. The van der Waals surface area contributed by atoms with Gasteiger partial charge in [0.1, 0.15) is 0 Å². The molecule has 8 N–H and O–H groups in total. The molecular weight excluding hydrogens is 182 g/mol. The van der Waals surface area contributed by atoms with E-state index >= 15 is 0 Å². The molecule has 0 aliphatic heterocycles. The fraction of sp³-hybridized carbons (Fsp3) is 0.750. The van der Waals surface area contributed by atoms with Gasteiger partial charge in [0, 0.05) is 6.54 Å². The zero-order chi connectivity index (χ0) is 11.1. The van der Waals surface area contributed by atoms with Crippen molar-refractivity contribution in [2.24, 2.45) is 27.9 Å². The van der Waals surface area contributed by atoms with Crippen molar-refractivity contribution >= 4 is 11.7 Å². The van der Waals surface area contributed by atoms with Crippen molar-refractivity contribution < 1.29 is 4.79 Å². The van der Waals surface area contributed by atoms with Gasteiger partial charge in [-0.25, -0.2) is 0 Å². The molecule has 0 saturated heterocycles. The van der Waals surface area contributed by atoms with Crippen molar-refractivity contribution in [1.29, 1.82) is 0 Å². The molecule has 0 amide bonds. The van der Waals surface area contributed by atoms with E-state index in [4.69, 9.17) is 22.9 Å². The molecule has 6 nitrogen and oxygen atoms in total. The van der Waals surface area contributed by atoms with Crippen molar-refractivity contribution in [1.82, 2.24) is 0 Å². The molecule has 2 atom stereocenters. The summed E-state index contributed by atoms with van der Waals surface area (Å²) in [5, 5.41) is 0. The molecule has 0 spiro atoms. The van der Waals surface area contributed by atoms with Crippen LogP contribution in [0.15, 0.2) is 4.99 Å². The van der Waals surface area contributed by atoms with Crippen molar-refractivity contribution in [3.8, 4) is 0 Å². The van der Waals surface area contributed by atoms with Crippen molar-refractivity contribution in [3.63, 3.8) is 0 Å². The van der Waals surface area contributed by atoms with E-state index in [0.717, 1.165) is 0 Å². The average Bonchev–Trinajstić information content (AvgIpc) is 2.10. The first-order chi connectivity index (χ1) is 6.45. The highest BCUT2D eigenvalue weighted by Gasteiger charge is 2.16. The number of hydrogen-bond donors (Lipinski definition) is 4. The maximum atomic E-state index is 11.2. The van der Waals surface area contributed by atoms with Crippen molar-refractivity contribution in [3.05, 3.63) is 0 Å². The largest absolute Gasteiger partial charge is 0.370 e. The fourth-order valence-corrected chi connectivity index (χ4v) is 0.999. The summed E-state index contributed by atoms with van der Waals surface area (Å²) in [6, 6.07) is -1.02. The first-order valence-corrected chi connectivity index (χ1v) is 4.55. The van der Waals surface area contributed by atoms with Crippen LogP contribution < -0.4 is 22.9 Å². The van der Waals surface area contributed by atoms with Crippen LogP contribution in [0.3, 0.4) is 0 Å². The van der Waals surface area contributed by atoms with Crippen molar-refractivity contribution in [2.45, 2.75) is 31.8 Å². The number of rotatable bonds is 6. The van der Waals surface area contributed by atoms with Crippen LogP contribution in [0.1, 0.15) is 19.8 Å². The van der Waals surface area contributed by atoms with Gasteiger partial charge in [0.2, 0.25) is 0 Å². The third-order valence-corrected chi connectivity index (χ3v) is 1.78. The van der Waals surface area contributed by atoms with Gasteiger partial charge in [-0.1, -0.05) is 0 Å². The highest BCUT2D eigenvalue weighted by molar-refractivity contribution is 5.88. The fourth-order valence-electron chi connectivity index (χ4n) is 0.999. The summed E-state index contributed by atoms with van der Waals surface area (Å²) in [7, 11) is 0. The van der Waals surface area contributed by atoms with Gasteiger partial charge in [-0.15, -0.1) is 0 Å². The Labute approximate surface area is 83.7 Å². The van der Waals surface area contributed by atoms with Crippen LogP contribution in [0.4, 0.5) is 0 Å². The second-order valence-electron chi connectivity index (χ2n) is 3.25. The Hall–Kier alpha value is -1.14. The lowest BCUT2D eigenvalue weighted by molar-refractivity contribution is -0.121. The molecular formula is C8H19N5O. The Kier molecular flexibility index (Phi) is 5.82. The van der Waals surface area contributed by atoms with Crippen LogP contribution in [-0.2, 0) is 4.79 Å². The molecule has 0 aromatic carbocycles. The third-order valence-electron chi connectivity index (χ3n) is 1.78. The molecule has 0 aromatic heterocycles. The smallest absolute Gasteiger partial charge is 0.185 e. The first kappa shape index (κ1) is 12.9. The molecule has 0 rings (SSSR count). The van der Waals surface area contributed by atoms with Gasteiger partial charge in [-0.05, 0) is 19.8 Å². The molecule has 82 valence electrons. The highest BCUT2D eigenvalue weighted by Crippen LogP contribution is 1.98. The van der Waals surface area contributed by atoms with E-state index in [2.05, 4.69) is 4.99 Å². The molecule has 0 heterocycles. The molecule has 0 radical (unpaired) electrons. The zero-order valence-electron chi connectivity index (χ0n) is 8.44. The van der Waals surface area contributed by atoms with Gasteiger partial charge in [-0.3, -0.25) is 9.79 Å². The standard InChI is InChI=1S/C8H19N5O/c1-5(9)7(14)6(10)3-2-4-13-8(11)12/h5-6H,2-4,9-10H2,1H3,(H4,11,12,13)/t5?,6-/m0/s1. The van der Waals surface area contributed by atoms with Crippen LogP contribution in [-0.4, -0.2) is 30.4 Å². The predicted octanol–water partition coefficient (Wildman–Crippen LogP) is -1.72. The number of nitrogens with two attached hydrogens (primary N) is 4. The Bertz CT molecular complexity index is 210. The quantitative estimate of drug-likeness (QED) is 0.230. The molecule has 14 heavy (non-hydrogen) atoms. The zero-order valence-corrected chi connectivity index (χ0v) is 8.44. The minimum Gasteiger partial charge on any atom is -0.370 e. The monoisotopic (exact) mass is 201 g/mol. The lowest BCUT2D eigenvalue weighted by Crippen LogP contribution is -2.41. The summed E-state index contributed by atoms with van der Waals surface area (Å²) in [6.45, 7) is 2.11. The number of ketones is 1. The molecule has 0 saturated carbocycles. The van der Waals surface area contributed by atoms with Gasteiger partial charge < -0.3 is 22.9 Å². The van der Waals surface area contributed by atoms with Crippen LogP contribution in [0.25, 0.3) is 0 Å². The Balaban J connectivity index is 3.69. The number of aliphatic imine (C=N–C) groups is 1. The summed E-state index contributed by atoms with van der Waals surface area (Å²) < 4.78 is 0. The number of carbonyl (C=O) groups is 1. The lowest BCUT2D eigenvalue weighted by Gasteiger charge is -2.11. The van der Waals surface area contributed by atoms with E-state index in [1.54, 1.807) is 6.92 Å². The second kappa shape index (κ2) is 6.33. The highest BCUT2D eigenvalue weighted by atomic mass is 16.1. The molecule has 6 heteroatoms. The molecule has 0 bridgehead atoms. The number of hydrogen-bond acceptors (Lipinski definition) is 4. The SMILES string of the molecule is CC(N)C(=O)[C@@H](N)CCCN=C(N)N. The van der Waals surface area contributed by atoms with Gasteiger partial charge in [0.05, 0.1) is 12.1 Å². The topological polar surface area (TPSA) is 134 Å². The summed E-state index contributed by atoms with van der Waals surface area (Å²) in [6.07, 6.45) is 1.23. The number of guanidine groups is 1. The predicted molar refractivity (Wildman–Crippen MR) is 56.5 cm³/mol. The minimum absolute atomic E-state index is 0.0529. The third kappa shape index (κ3) is 5.50. The van der Waals surface area contributed by atoms with Gasteiger partial charge in [-0.2, -0.15) is 0 Å².